The van der Waals surface area contributed by atoms with Crippen LogP contribution in [0.3, 0.4) is 0 Å². The van der Waals surface area contributed by atoms with Crippen LogP contribution in [0.15, 0.2) is 24.3 Å². The Bertz CT molecular complexity index is 385. The van der Waals surface area contributed by atoms with Crippen LogP contribution in [0, 0.1) is 0 Å². The second-order valence-corrected chi connectivity index (χ2v) is 3.57. The molecule has 0 aliphatic carbocycles. The van der Waals surface area contributed by atoms with Crippen LogP contribution in [-0.2, 0) is 4.79 Å². The minimum Gasteiger partial charge on any atom is -0.445 e. The van der Waals surface area contributed by atoms with Crippen molar-refractivity contribution in [1.82, 2.24) is 5.32 Å². The molecule has 1 aliphatic heterocycles. The number of carbonyl (C=O) groups excluding carboxylic acids is 1. The quantitative estimate of drug-likeness (QED) is 0.494. The van der Waals surface area contributed by atoms with Gasteiger partial charge >= 0.3 is 58.4 Å². The summed E-state index contributed by atoms with van der Waals surface area (Å²) in [5.74, 6) is -0.0656. The second-order valence-electron chi connectivity index (χ2n) is 3.57. The molecule has 0 bridgehead atoms. The van der Waals surface area contributed by atoms with Crippen LogP contribution in [0.2, 0.25) is 0 Å². The Morgan fingerprint density at radius 2 is 1.69 bits per heavy atom. The summed E-state index contributed by atoms with van der Waals surface area (Å²) >= 11 is 0. The topological polar surface area (TPSA) is 29.1 Å². The number of amides is 1. The van der Waals surface area contributed by atoms with Crippen LogP contribution in [0.4, 0.5) is 12.9 Å². The van der Waals surface area contributed by atoms with Crippen LogP contribution in [0.1, 0.15) is 18.0 Å². The van der Waals surface area contributed by atoms with E-state index in [-0.39, 0.29) is 63.3 Å². The molecule has 0 aromatic heterocycles. The van der Waals surface area contributed by atoms with Crippen molar-refractivity contribution in [3.05, 3.63) is 29.8 Å². The summed E-state index contributed by atoms with van der Waals surface area (Å²) in [7, 11) is 0. The predicted molar refractivity (Wildman–Crippen MR) is 50.7 cm³/mol. The van der Waals surface area contributed by atoms with Gasteiger partial charge in [0.1, 0.15) is 0 Å². The zero-order valence-corrected chi connectivity index (χ0v) is 11.8. The van der Waals surface area contributed by atoms with E-state index in [2.05, 4.69) is 5.32 Å². The largest absolute Gasteiger partial charge is 1.00 e. The molecule has 1 saturated heterocycles. The smallest absolute Gasteiger partial charge is 0.445 e. The van der Waals surface area contributed by atoms with E-state index in [1.165, 1.54) is 12.1 Å². The normalized spacial score (nSPS) is 19.4. The maximum absolute atomic E-state index is 12.3. The monoisotopic (exact) mass is 253 g/mol. The van der Waals surface area contributed by atoms with Crippen molar-refractivity contribution in [3.8, 4) is 0 Å². The molecule has 80 valence electrons. The SMILES string of the molecule is O=C1CC(c2ccc([B-](F)(F)F)cc2)N1.[K+]. The van der Waals surface area contributed by atoms with E-state index in [9.17, 15) is 17.7 Å². The Labute approximate surface area is 133 Å². The van der Waals surface area contributed by atoms with E-state index >= 15 is 0 Å². The molecule has 1 aliphatic rings. The van der Waals surface area contributed by atoms with Crippen molar-refractivity contribution in [2.24, 2.45) is 0 Å². The van der Waals surface area contributed by atoms with Crippen LogP contribution in [0.25, 0.3) is 0 Å². The zero-order valence-electron chi connectivity index (χ0n) is 8.71. The first-order valence-electron chi connectivity index (χ1n) is 4.56. The summed E-state index contributed by atoms with van der Waals surface area (Å²) in [5.41, 5.74) is 0.114. The van der Waals surface area contributed by atoms with Gasteiger partial charge in [-0.2, -0.15) is 0 Å². The number of carbonyl (C=O) groups is 1. The molecule has 0 radical (unpaired) electrons. The second kappa shape index (κ2) is 5.22. The third kappa shape index (κ3) is 3.10. The van der Waals surface area contributed by atoms with Crippen molar-refractivity contribution in [1.29, 1.82) is 0 Å². The van der Waals surface area contributed by atoms with E-state index in [1.54, 1.807) is 0 Å². The molecule has 0 saturated carbocycles. The number of hydrogen-bond acceptors (Lipinski definition) is 1. The Morgan fingerprint density at radius 3 is 2.06 bits per heavy atom. The molecule has 2 nitrogen and oxygen atoms in total. The first-order chi connectivity index (χ1) is 6.97. The Morgan fingerprint density at radius 1 is 1.19 bits per heavy atom. The van der Waals surface area contributed by atoms with Gasteiger partial charge in [0.25, 0.3) is 0 Å². The van der Waals surface area contributed by atoms with Gasteiger partial charge in [0.15, 0.2) is 0 Å². The van der Waals surface area contributed by atoms with Gasteiger partial charge in [0.05, 0.1) is 12.5 Å². The molecule has 1 unspecified atom stereocenters. The van der Waals surface area contributed by atoms with E-state index in [0.29, 0.717) is 6.42 Å². The Kier molecular flexibility index (Phi) is 4.65. The number of hydrogen-bond donors (Lipinski definition) is 1. The van der Waals surface area contributed by atoms with E-state index < -0.39 is 12.4 Å². The minimum atomic E-state index is -4.93. The molecular formula is C9H8BF3KNO. The summed E-state index contributed by atoms with van der Waals surface area (Å²) < 4.78 is 36.8. The molecule has 0 spiro atoms. The number of benzene rings is 1. The van der Waals surface area contributed by atoms with Crippen molar-refractivity contribution in [2.45, 2.75) is 12.5 Å². The van der Waals surface area contributed by atoms with Gasteiger partial charge < -0.3 is 18.3 Å². The average Bonchev–Trinajstić information content (AvgIpc) is 2.12. The molecule has 7 heteroatoms. The van der Waals surface area contributed by atoms with Crippen LogP contribution < -0.4 is 62.2 Å². The molecule has 16 heavy (non-hydrogen) atoms. The molecule has 1 fully saturated rings. The summed E-state index contributed by atoms with van der Waals surface area (Å²) in [6.07, 6.45) is 0.358. The number of halogens is 3. The molecule has 1 aromatic carbocycles. The molecule has 1 amide bonds. The van der Waals surface area contributed by atoms with Crippen LogP contribution in [-0.4, -0.2) is 12.9 Å². The van der Waals surface area contributed by atoms with E-state index in [4.69, 9.17) is 0 Å². The van der Waals surface area contributed by atoms with Crippen molar-refractivity contribution in [2.75, 3.05) is 0 Å². The Hall–Kier alpha value is 0.181. The van der Waals surface area contributed by atoms with Gasteiger partial charge in [-0.1, -0.05) is 24.3 Å². The first kappa shape index (κ1) is 14.2. The summed E-state index contributed by atoms with van der Waals surface area (Å²) in [5, 5.41) is 2.60. The van der Waals surface area contributed by atoms with Crippen LogP contribution >= 0.6 is 0 Å². The number of nitrogens with one attached hydrogen (secondary N) is 1. The average molecular weight is 253 g/mol. The van der Waals surface area contributed by atoms with E-state index in [0.717, 1.165) is 17.7 Å². The molecule has 1 heterocycles. The summed E-state index contributed by atoms with van der Waals surface area (Å²) in [6.45, 7) is -4.93. The van der Waals surface area contributed by atoms with Crippen molar-refractivity contribution in [3.63, 3.8) is 0 Å². The standard InChI is InChI=1S/C9H8BF3NO.K/c11-10(12,13)7-3-1-6(2-4-7)8-5-9(15)14-8;/h1-4,8H,5H2,(H,14,15);/q-1;+1. The Balaban J connectivity index is 0.00000128. The van der Waals surface area contributed by atoms with Crippen molar-refractivity contribution < 1.29 is 69.1 Å². The van der Waals surface area contributed by atoms with Gasteiger partial charge in [-0.15, -0.1) is 5.46 Å². The zero-order chi connectivity index (χ0) is 11.1. The van der Waals surface area contributed by atoms with Crippen molar-refractivity contribution >= 4 is 18.3 Å². The molecular weight excluding hydrogens is 245 g/mol. The third-order valence-electron chi connectivity index (χ3n) is 2.44. The van der Waals surface area contributed by atoms with Gasteiger partial charge in [0, 0.05) is 0 Å². The minimum absolute atomic E-state index is 0. The summed E-state index contributed by atoms with van der Waals surface area (Å²) in [6, 6.07) is 4.82. The predicted octanol–water partition coefficient (Wildman–Crippen LogP) is -1.69. The van der Waals surface area contributed by atoms with Gasteiger partial charge in [-0.05, 0) is 5.56 Å². The van der Waals surface area contributed by atoms with E-state index in [1.807, 2.05) is 0 Å². The fraction of sp³-hybridized carbons (Fsp3) is 0.222. The third-order valence-corrected chi connectivity index (χ3v) is 2.44. The molecule has 2 rings (SSSR count). The molecule has 1 N–H and O–H groups in total. The maximum Gasteiger partial charge on any atom is 1.00 e. The summed E-state index contributed by atoms with van der Waals surface area (Å²) in [4.78, 5) is 10.6. The fourth-order valence-corrected chi connectivity index (χ4v) is 1.51. The van der Waals surface area contributed by atoms with Crippen LogP contribution in [0.5, 0.6) is 0 Å². The number of rotatable bonds is 2. The van der Waals surface area contributed by atoms with Gasteiger partial charge in [0.2, 0.25) is 5.91 Å². The number of β-lactam (4-membered cyclic amide) rings is 1. The molecule has 1 aromatic rings. The molecule has 1 atom stereocenters. The first-order valence-corrected chi connectivity index (χ1v) is 4.56. The fourth-order valence-electron chi connectivity index (χ4n) is 1.51. The van der Waals surface area contributed by atoms with Gasteiger partial charge in [-0.3, -0.25) is 4.79 Å². The maximum atomic E-state index is 12.3. The van der Waals surface area contributed by atoms with Gasteiger partial charge in [-0.25, -0.2) is 0 Å².